The van der Waals surface area contributed by atoms with Gasteiger partial charge in [0.15, 0.2) is 0 Å². The van der Waals surface area contributed by atoms with Crippen molar-refractivity contribution in [1.82, 2.24) is 0 Å². The minimum absolute atomic E-state index is 0.162. The molecule has 0 bridgehead atoms. The zero-order valence-corrected chi connectivity index (χ0v) is 17.4. The first-order valence-corrected chi connectivity index (χ1v) is 10.1. The van der Waals surface area contributed by atoms with Crippen molar-refractivity contribution in [3.05, 3.63) is 130 Å². The number of nitrogens with one attached hydrogen (secondary N) is 1. The van der Waals surface area contributed by atoms with E-state index in [0.29, 0.717) is 11.3 Å². The maximum atomic E-state index is 13.4. The first-order valence-electron chi connectivity index (χ1n) is 10.1. The van der Waals surface area contributed by atoms with Crippen molar-refractivity contribution >= 4 is 34.6 Å². The summed E-state index contributed by atoms with van der Waals surface area (Å²) in [7, 11) is 0. The second-order valence-corrected chi connectivity index (χ2v) is 7.15. The van der Waals surface area contributed by atoms with Crippen LogP contribution in [0.5, 0.6) is 0 Å². The summed E-state index contributed by atoms with van der Waals surface area (Å²) in [6.07, 6.45) is 0. The highest BCUT2D eigenvalue weighted by Gasteiger charge is 2.20. The van der Waals surface area contributed by atoms with Gasteiger partial charge >= 0.3 is 0 Å². The third kappa shape index (κ3) is 4.94. The molecule has 2 amide bonds. The molecule has 4 aromatic rings. The van der Waals surface area contributed by atoms with Gasteiger partial charge in [-0.25, -0.2) is 0 Å². The van der Waals surface area contributed by atoms with Crippen LogP contribution in [0.4, 0.5) is 22.7 Å². The summed E-state index contributed by atoms with van der Waals surface area (Å²) >= 11 is 0. The number of carbonyl (C=O) groups is 2. The minimum Gasteiger partial charge on any atom is -0.322 e. The Hall–Kier alpha value is -4.78. The largest absolute Gasteiger partial charge is 0.322 e. The van der Waals surface area contributed by atoms with Gasteiger partial charge in [0, 0.05) is 40.3 Å². The van der Waals surface area contributed by atoms with Crippen LogP contribution in [0.1, 0.15) is 20.7 Å². The molecule has 0 aliphatic rings. The summed E-state index contributed by atoms with van der Waals surface area (Å²) in [5.74, 6) is -0.697. The Morgan fingerprint density at radius 1 is 0.697 bits per heavy atom. The van der Waals surface area contributed by atoms with Crippen LogP contribution >= 0.6 is 0 Å². The van der Waals surface area contributed by atoms with Gasteiger partial charge in [-0.2, -0.15) is 0 Å². The van der Waals surface area contributed by atoms with Crippen molar-refractivity contribution in [3.8, 4) is 0 Å². The zero-order valence-electron chi connectivity index (χ0n) is 17.4. The van der Waals surface area contributed by atoms with Gasteiger partial charge in [0.2, 0.25) is 0 Å². The fourth-order valence-electron chi connectivity index (χ4n) is 3.33. The van der Waals surface area contributed by atoms with Gasteiger partial charge in [0.25, 0.3) is 17.5 Å². The number of benzene rings is 4. The lowest BCUT2D eigenvalue weighted by molar-refractivity contribution is -0.384. The number of para-hydroxylation sites is 2. The highest BCUT2D eigenvalue weighted by Crippen LogP contribution is 2.27. The number of nitrogens with zero attached hydrogens (tertiary/aromatic N) is 2. The third-order valence-corrected chi connectivity index (χ3v) is 4.94. The zero-order chi connectivity index (χ0) is 23.2. The Kier molecular flexibility index (Phi) is 6.22. The molecular weight excluding hydrogens is 418 g/mol. The van der Waals surface area contributed by atoms with Gasteiger partial charge in [0.05, 0.1) is 4.92 Å². The summed E-state index contributed by atoms with van der Waals surface area (Å²) < 4.78 is 0. The van der Waals surface area contributed by atoms with E-state index < -0.39 is 10.8 Å². The molecule has 0 radical (unpaired) electrons. The van der Waals surface area contributed by atoms with E-state index in [-0.39, 0.29) is 17.2 Å². The van der Waals surface area contributed by atoms with E-state index in [9.17, 15) is 19.7 Å². The molecule has 0 heterocycles. The lowest BCUT2D eigenvalue weighted by Crippen LogP contribution is -2.25. The highest BCUT2D eigenvalue weighted by molar-refractivity contribution is 6.11. The van der Waals surface area contributed by atoms with Crippen LogP contribution < -0.4 is 10.2 Å². The summed E-state index contributed by atoms with van der Waals surface area (Å²) in [5.41, 5.74) is 2.38. The molecule has 0 spiro atoms. The number of carbonyl (C=O) groups excluding carboxylic acids is 2. The number of nitro benzene ring substituents is 1. The molecule has 0 saturated carbocycles. The summed E-state index contributed by atoms with van der Waals surface area (Å²) in [5, 5.41) is 13.6. The van der Waals surface area contributed by atoms with Crippen LogP contribution in [0.3, 0.4) is 0 Å². The van der Waals surface area contributed by atoms with Gasteiger partial charge in [-0.3, -0.25) is 24.6 Å². The van der Waals surface area contributed by atoms with E-state index in [1.54, 1.807) is 29.2 Å². The Bertz CT molecular complexity index is 1250. The molecule has 7 nitrogen and oxygen atoms in total. The molecule has 0 fully saturated rings. The molecule has 0 saturated heterocycles. The SMILES string of the molecule is O=C(Nc1ccc(C(=O)N(c2ccccc2)c2ccccc2)cc1)c1cccc([N+](=O)[O-])c1. The van der Waals surface area contributed by atoms with E-state index in [0.717, 1.165) is 11.4 Å². The van der Waals surface area contributed by atoms with Crippen molar-refractivity contribution in [2.75, 3.05) is 10.2 Å². The highest BCUT2D eigenvalue weighted by atomic mass is 16.6. The van der Waals surface area contributed by atoms with E-state index in [4.69, 9.17) is 0 Å². The lowest BCUT2D eigenvalue weighted by Gasteiger charge is -2.23. The molecule has 7 heteroatoms. The monoisotopic (exact) mass is 437 g/mol. The molecule has 4 rings (SSSR count). The molecular formula is C26H19N3O4. The number of non-ortho nitro benzene ring substituents is 1. The Labute approximate surface area is 190 Å². The second kappa shape index (κ2) is 9.57. The molecule has 0 unspecified atom stereocenters. The van der Waals surface area contributed by atoms with Crippen molar-refractivity contribution in [3.63, 3.8) is 0 Å². The number of rotatable bonds is 6. The van der Waals surface area contributed by atoms with E-state index in [1.807, 2.05) is 60.7 Å². The normalized spacial score (nSPS) is 10.3. The number of hydrogen-bond acceptors (Lipinski definition) is 4. The fourth-order valence-corrected chi connectivity index (χ4v) is 3.33. The van der Waals surface area contributed by atoms with E-state index in [2.05, 4.69) is 5.32 Å². The quantitative estimate of drug-likeness (QED) is 0.304. The Morgan fingerprint density at radius 3 is 1.82 bits per heavy atom. The van der Waals surface area contributed by atoms with Gasteiger partial charge < -0.3 is 5.32 Å². The molecule has 0 atom stereocenters. The maximum absolute atomic E-state index is 13.4. The average Bonchev–Trinajstić information content (AvgIpc) is 2.86. The van der Waals surface area contributed by atoms with Gasteiger partial charge in [-0.15, -0.1) is 0 Å². The minimum atomic E-state index is -0.553. The predicted molar refractivity (Wildman–Crippen MR) is 127 cm³/mol. The van der Waals surface area contributed by atoms with Crippen molar-refractivity contribution in [2.24, 2.45) is 0 Å². The van der Waals surface area contributed by atoms with E-state index in [1.165, 1.54) is 24.3 Å². The molecule has 162 valence electrons. The van der Waals surface area contributed by atoms with Crippen LogP contribution in [0.15, 0.2) is 109 Å². The smallest absolute Gasteiger partial charge is 0.270 e. The van der Waals surface area contributed by atoms with Gasteiger partial charge in [-0.05, 0) is 54.6 Å². The molecule has 1 N–H and O–H groups in total. The fraction of sp³-hybridized carbons (Fsp3) is 0. The van der Waals surface area contributed by atoms with Crippen LogP contribution in [-0.4, -0.2) is 16.7 Å². The van der Waals surface area contributed by atoms with Crippen molar-refractivity contribution in [1.29, 1.82) is 0 Å². The Morgan fingerprint density at radius 2 is 1.27 bits per heavy atom. The molecule has 0 aliphatic carbocycles. The topological polar surface area (TPSA) is 92.6 Å². The third-order valence-electron chi connectivity index (χ3n) is 4.94. The number of nitro groups is 1. The average molecular weight is 437 g/mol. The maximum Gasteiger partial charge on any atom is 0.270 e. The number of anilines is 3. The molecule has 0 aliphatic heterocycles. The second-order valence-electron chi connectivity index (χ2n) is 7.15. The summed E-state index contributed by atoms with van der Waals surface area (Å²) in [4.78, 5) is 37.9. The standard InChI is InChI=1S/C26H19N3O4/c30-25(20-8-7-13-24(18-20)29(32)33)27-21-16-14-19(15-17-21)26(31)28(22-9-3-1-4-10-22)23-11-5-2-6-12-23/h1-18H,(H,27,30). The Balaban J connectivity index is 1.55. The first kappa shape index (κ1) is 21.5. The van der Waals surface area contributed by atoms with Crippen LogP contribution in [0.25, 0.3) is 0 Å². The molecule has 4 aromatic carbocycles. The number of hydrogen-bond donors (Lipinski definition) is 1. The summed E-state index contributed by atoms with van der Waals surface area (Å²) in [6.45, 7) is 0. The predicted octanol–water partition coefficient (Wildman–Crippen LogP) is 5.83. The van der Waals surface area contributed by atoms with Gasteiger partial charge in [0.1, 0.15) is 0 Å². The summed E-state index contributed by atoms with van der Waals surface area (Å²) in [6, 6.07) is 30.7. The van der Waals surface area contributed by atoms with Crippen LogP contribution in [-0.2, 0) is 0 Å². The van der Waals surface area contributed by atoms with Crippen molar-refractivity contribution in [2.45, 2.75) is 0 Å². The van der Waals surface area contributed by atoms with Crippen molar-refractivity contribution < 1.29 is 14.5 Å². The van der Waals surface area contributed by atoms with E-state index >= 15 is 0 Å². The van der Waals surface area contributed by atoms with Crippen LogP contribution in [0.2, 0.25) is 0 Å². The first-order chi connectivity index (χ1) is 16.0. The van der Waals surface area contributed by atoms with Crippen LogP contribution in [0, 0.1) is 10.1 Å². The number of amides is 2. The van der Waals surface area contributed by atoms with Gasteiger partial charge in [-0.1, -0.05) is 42.5 Å². The molecule has 0 aromatic heterocycles. The molecule has 33 heavy (non-hydrogen) atoms. The lowest BCUT2D eigenvalue weighted by atomic mass is 10.1.